The average Bonchev–Trinajstić information content (AvgIpc) is 2.85. The first-order valence-corrected chi connectivity index (χ1v) is 13.6. The van der Waals surface area contributed by atoms with Crippen molar-refractivity contribution in [1.82, 2.24) is 19.6 Å². The Kier molecular flexibility index (Phi) is 8.95. The highest BCUT2D eigenvalue weighted by molar-refractivity contribution is 6.30. The second-order valence-electron chi connectivity index (χ2n) is 10.7. The van der Waals surface area contributed by atoms with E-state index in [0.29, 0.717) is 30.6 Å². The third kappa shape index (κ3) is 6.89. The number of piperidine rings is 2. The summed E-state index contributed by atoms with van der Waals surface area (Å²) in [5.74, 6) is 1.20. The van der Waals surface area contributed by atoms with Crippen LogP contribution in [0.25, 0.3) is 0 Å². The van der Waals surface area contributed by atoms with Gasteiger partial charge in [0.15, 0.2) is 0 Å². The number of amides is 2. The number of rotatable bonds is 6. The van der Waals surface area contributed by atoms with Crippen molar-refractivity contribution < 1.29 is 14.3 Å². The summed E-state index contributed by atoms with van der Waals surface area (Å²) in [6, 6.07) is 7.96. The molecule has 3 aliphatic heterocycles. The molecule has 194 valence electrons. The fourth-order valence-corrected chi connectivity index (χ4v) is 5.79. The molecule has 35 heavy (non-hydrogen) atoms. The number of carbonyl (C=O) groups excluding carboxylic acids is 2. The first kappa shape index (κ1) is 26.2. The number of ether oxygens (including phenoxy) is 1. The van der Waals surface area contributed by atoms with Crippen molar-refractivity contribution >= 4 is 23.4 Å². The molecular weight excluding hydrogens is 464 g/mol. The summed E-state index contributed by atoms with van der Waals surface area (Å²) in [7, 11) is 2.09. The number of benzene rings is 1. The summed E-state index contributed by atoms with van der Waals surface area (Å²) >= 11 is 6.18. The minimum Gasteiger partial charge on any atom is -0.490 e. The predicted octanol–water partition coefficient (Wildman–Crippen LogP) is 3.22. The van der Waals surface area contributed by atoms with Crippen molar-refractivity contribution in [2.45, 2.75) is 51.7 Å². The maximum atomic E-state index is 13.5. The quantitative estimate of drug-likeness (QED) is 0.595. The van der Waals surface area contributed by atoms with E-state index in [1.807, 2.05) is 34.1 Å². The van der Waals surface area contributed by atoms with E-state index < -0.39 is 0 Å². The molecule has 0 aromatic heterocycles. The van der Waals surface area contributed by atoms with E-state index in [4.69, 9.17) is 16.3 Å². The van der Waals surface area contributed by atoms with Gasteiger partial charge in [-0.2, -0.15) is 0 Å². The van der Waals surface area contributed by atoms with Crippen LogP contribution in [0.15, 0.2) is 24.3 Å². The fraction of sp³-hybridized carbons (Fsp3) is 0.704. The molecule has 0 unspecified atom stereocenters. The van der Waals surface area contributed by atoms with E-state index in [-0.39, 0.29) is 29.8 Å². The van der Waals surface area contributed by atoms with Crippen LogP contribution >= 0.6 is 11.6 Å². The largest absolute Gasteiger partial charge is 0.490 e. The lowest BCUT2D eigenvalue weighted by molar-refractivity contribution is -0.143. The number of hydrogen-bond acceptors (Lipinski definition) is 5. The van der Waals surface area contributed by atoms with Crippen LogP contribution in [0.3, 0.4) is 0 Å². The third-order valence-electron chi connectivity index (χ3n) is 7.96. The van der Waals surface area contributed by atoms with E-state index in [1.165, 1.54) is 0 Å². The predicted molar refractivity (Wildman–Crippen MR) is 139 cm³/mol. The smallest absolute Gasteiger partial charge is 0.225 e. The standard InChI is InChI=1S/C27H41ClN4O3/c1-20(2)30-10-7-21(8-11-30)27(34)32-12-9-25(35-24-6-4-5-23(28)18-24)22(19-32)17-26(33)31-15-13-29(3)14-16-31/h4-6,18,20-22,25H,7-17,19H2,1-3H3/t22-,25-/m0/s1. The summed E-state index contributed by atoms with van der Waals surface area (Å²) in [4.78, 5) is 35.4. The Morgan fingerprint density at radius 3 is 2.37 bits per heavy atom. The average molecular weight is 505 g/mol. The highest BCUT2D eigenvalue weighted by Crippen LogP contribution is 2.30. The molecule has 0 aliphatic carbocycles. The fourth-order valence-electron chi connectivity index (χ4n) is 5.61. The molecule has 2 amide bonds. The van der Waals surface area contributed by atoms with Gasteiger partial charge < -0.3 is 24.3 Å². The zero-order chi connectivity index (χ0) is 24.9. The van der Waals surface area contributed by atoms with Crippen molar-refractivity contribution in [2.75, 3.05) is 59.4 Å². The lowest BCUT2D eigenvalue weighted by Gasteiger charge is -2.42. The van der Waals surface area contributed by atoms with Gasteiger partial charge >= 0.3 is 0 Å². The molecule has 0 N–H and O–H groups in total. The zero-order valence-electron chi connectivity index (χ0n) is 21.5. The van der Waals surface area contributed by atoms with Crippen LogP contribution in [0.4, 0.5) is 0 Å². The maximum absolute atomic E-state index is 13.5. The van der Waals surface area contributed by atoms with Gasteiger partial charge in [-0.05, 0) is 65.0 Å². The van der Waals surface area contributed by atoms with E-state index in [1.54, 1.807) is 0 Å². The molecule has 3 heterocycles. The summed E-state index contributed by atoms with van der Waals surface area (Å²) in [5.41, 5.74) is 0. The van der Waals surface area contributed by atoms with E-state index >= 15 is 0 Å². The number of hydrogen-bond donors (Lipinski definition) is 0. The number of nitrogens with zero attached hydrogens (tertiary/aromatic N) is 4. The molecular formula is C27H41ClN4O3. The highest BCUT2D eigenvalue weighted by atomic mass is 35.5. The number of piperazine rings is 1. The van der Waals surface area contributed by atoms with Crippen LogP contribution < -0.4 is 4.74 Å². The van der Waals surface area contributed by atoms with Gasteiger partial charge in [0.1, 0.15) is 11.9 Å². The van der Waals surface area contributed by atoms with Gasteiger partial charge in [0, 0.05) is 75.0 Å². The molecule has 3 aliphatic rings. The van der Waals surface area contributed by atoms with Crippen LogP contribution in [0.1, 0.15) is 39.5 Å². The first-order chi connectivity index (χ1) is 16.8. The Labute approximate surface area is 215 Å². The van der Waals surface area contributed by atoms with Crippen LogP contribution in [-0.2, 0) is 9.59 Å². The Hall–Kier alpha value is -1.83. The molecule has 3 saturated heterocycles. The van der Waals surface area contributed by atoms with Crippen molar-refractivity contribution in [3.05, 3.63) is 29.3 Å². The lowest BCUT2D eigenvalue weighted by Crippen LogP contribution is -2.53. The molecule has 4 rings (SSSR count). The van der Waals surface area contributed by atoms with Gasteiger partial charge in [0.2, 0.25) is 11.8 Å². The molecule has 0 spiro atoms. The summed E-state index contributed by atoms with van der Waals surface area (Å²) in [5, 5.41) is 0.632. The molecule has 0 bridgehead atoms. The molecule has 0 saturated carbocycles. The van der Waals surface area contributed by atoms with Gasteiger partial charge in [-0.3, -0.25) is 9.59 Å². The van der Waals surface area contributed by atoms with Gasteiger partial charge in [-0.25, -0.2) is 0 Å². The minimum absolute atomic E-state index is 0.0328. The molecule has 7 nitrogen and oxygen atoms in total. The number of halogens is 1. The second kappa shape index (κ2) is 11.9. The van der Waals surface area contributed by atoms with Crippen molar-refractivity contribution in [2.24, 2.45) is 11.8 Å². The number of likely N-dealkylation sites (N-methyl/N-ethyl adjacent to an activating group) is 1. The molecule has 3 fully saturated rings. The van der Waals surface area contributed by atoms with E-state index in [2.05, 4.69) is 30.7 Å². The Balaban J connectivity index is 1.42. The monoisotopic (exact) mass is 504 g/mol. The Bertz CT molecular complexity index is 866. The van der Waals surface area contributed by atoms with Crippen LogP contribution in [-0.4, -0.2) is 103 Å². The number of likely N-dealkylation sites (tertiary alicyclic amines) is 2. The topological polar surface area (TPSA) is 56.3 Å². The molecule has 2 atom stereocenters. The van der Waals surface area contributed by atoms with Crippen molar-refractivity contribution in [1.29, 1.82) is 0 Å². The molecule has 1 aromatic carbocycles. The highest BCUT2D eigenvalue weighted by Gasteiger charge is 2.38. The van der Waals surface area contributed by atoms with Crippen LogP contribution in [0.5, 0.6) is 5.75 Å². The van der Waals surface area contributed by atoms with Crippen LogP contribution in [0.2, 0.25) is 5.02 Å². The second-order valence-corrected chi connectivity index (χ2v) is 11.2. The van der Waals surface area contributed by atoms with E-state index in [0.717, 1.165) is 64.3 Å². The third-order valence-corrected chi connectivity index (χ3v) is 8.20. The number of carbonyl (C=O) groups is 2. The van der Waals surface area contributed by atoms with Gasteiger partial charge in [-0.15, -0.1) is 0 Å². The Morgan fingerprint density at radius 2 is 1.71 bits per heavy atom. The first-order valence-electron chi connectivity index (χ1n) is 13.2. The molecule has 1 aromatic rings. The van der Waals surface area contributed by atoms with Crippen molar-refractivity contribution in [3.63, 3.8) is 0 Å². The summed E-state index contributed by atoms with van der Waals surface area (Å²) < 4.78 is 6.36. The van der Waals surface area contributed by atoms with Crippen LogP contribution in [0, 0.1) is 11.8 Å². The molecule has 0 radical (unpaired) electrons. The van der Waals surface area contributed by atoms with Gasteiger partial charge in [0.05, 0.1) is 0 Å². The summed E-state index contributed by atoms with van der Waals surface area (Å²) in [6.07, 6.45) is 2.85. The van der Waals surface area contributed by atoms with Gasteiger partial charge in [-0.1, -0.05) is 17.7 Å². The van der Waals surface area contributed by atoms with Crippen molar-refractivity contribution in [3.8, 4) is 5.75 Å². The minimum atomic E-state index is -0.114. The Morgan fingerprint density at radius 1 is 1.00 bits per heavy atom. The zero-order valence-corrected chi connectivity index (χ0v) is 22.3. The lowest BCUT2D eigenvalue weighted by atomic mass is 9.88. The normalized spacial score (nSPS) is 25.2. The maximum Gasteiger partial charge on any atom is 0.225 e. The SMILES string of the molecule is CC(C)N1CCC(C(=O)N2CC[C@H](Oc3cccc(Cl)c3)[C@@H](CC(=O)N3CCN(C)CC3)C2)CC1. The molecule has 8 heteroatoms. The van der Waals surface area contributed by atoms with E-state index in [9.17, 15) is 9.59 Å². The summed E-state index contributed by atoms with van der Waals surface area (Å²) in [6.45, 7) is 11.0. The van der Waals surface area contributed by atoms with Gasteiger partial charge in [0.25, 0.3) is 0 Å².